The van der Waals surface area contributed by atoms with Crippen molar-refractivity contribution in [2.24, 2.45) is 5.10 Å². The Morgan fingerprint density at radius 2 is 1.65 bits per heavy atom. The molecular formula is C31H22N4O8. The van der Waals surface area contributed by atoms with E-state index in [4.69, 9.17) is 14.2 Å². The minimum atomic E-state index is -0.712. The van der Waals surface area contributed by atoms with Gasteiger partial charge in [-0.1, -0.05) is 30.3 Å². The number of carbonyl (C=O) groups excluding carboxylic acids is 3. The van der Waals surface area contributed by atoms with Crippen molar-refractivity contribution in [2.75, 3.05) is 12.1 Å². The molecule has 43 heavy (non-hydrogen) atoms. The Kier molecular flexibility index (Phi) is 8.48. The van der Waals surface area contributed by atoms with Gasteiger partial charge in [-0.15, -0.1) is 0 Å². The zero-order valence-corrected chi connectivity index (χ0v) is 22.3. The smallest absolute Gasteiger partial charge is 0.336 e. The van der Waals surface area contributed by atoms with Crippen LogP contribution in [0, 0.1) is 10.1 Å². The lowest BCUT2D eigenvalue weighted by molar-refractivity contribution is -0.384. The van der Waals surface area contributed by atoms with Crippen molar-refractivity contribution < 1.29 is 33.5 Å². The molecule has 4 aromatic carbocycles. The van der Waals surface area contributed by atoms with Crippen molar-refractivity contribution in [1.29, 1.82) is 0 Å². The molecule has 214 valence electrons. The number of amides is 2. The Labute approximate surface area is 244 Å². The van der Waals surface area contributed by atoms with Gasteiger partial charge in [0.05, 0.1) is 11.1 Å². The van der Waals surface area contributed by atoms with Gasteiger partial charge in [-0.2, -0.15) is 5.10 Å². The minimum absolute atomic E-state index is 0.0961. The number of benzene rings is 4. The number of carbonyl (C=O) groups is 3. The molecule has 4 aromatic rings. The summed E-state index contributed by atoms with van der Waals surface area (Å²) in [6.07, 6.45) is 3.86. The summed E-state index contributed by atoms with van der Waals surface area (Å²) < 4.78 is 16.0. The van der Waals surface area contributed by atoms with Gasteiger partial charge in [-0.3, -0.25) is 19.7 Å². The number of esters is 1. The summed E-state index contributed by atoms with van der Waals surface area (Å²) >= 11 is 0. The van der Waals surface area contributed by atoms with E-state index in [0.717, 1.165) is 6.08 Å². The number of hydrogen-bond donors (Lipinski definition) is 2. The van der Waals surface area contributed by atoms with Gasteiger partial charge in [0.1, 0.15) is 5.75 Å². The predicted molar refractivity (Wildman–Crippen MR) is 156 cm³/mol. The van der Waals surface area contributed by atoms with E-state index >= 15 is 0 Å². The quantitative estimate of drug-likeness (QED) is 0.0704. The molecule has 0 saturated carbocycles. The number of hydrazone groups is 1. The molecule has 0 bridgehead atoms. The number of anilines is 1. The maximum atomic E-state index is 12.7. The first-order valence-corrected chi connectivity index (χ1v) is 12.7. The van der Waals surface area contributed by atoms with Crippen molar-refractivity contribution in [2.45, 2.75) is 0 Å². The summed E-state index contributed by atoms with van der Waals surface area (Å²) in [7, 11) is 0. The summed E-state index contributed by atoms with van der Waals surface area (Å²) in [5.74, 6) is -0.415. The van der Waals surface area contributed by atoms with Gasteiger partial charge in [0, 0.05) is 40.6 Å². The molecule has 1 aliphatic rings. The van der Waals surface area contributed by atoms with Crippen molar-refractivity contribution in [1.82, 2.24) is 5.43 Å². The van der Waals surface area contributed by atoms with Crippen LogP contribution in [-0.2, 0) is 4.79 Å². The minimum Gasteiger partial charge on any atom is -0.454 e. The highest BCUT2D eigenvalue weighted by Gasteiger charge is 2.17. The van der Waals surface area contributed by atoms with Crippen molar-refractivity contribution in [3.63, 3.8) is 0 Å². The van der Waals surface area contributed by atoms with Gasteiger partial charge in [0.15, 0.2) is 11.5 Å². The molecule has 0 radical (unpaired) electrons. The highest BCUT2D eigenvalue weighted by atomic mass is 16.7. The molecule has 0 aliphatic carbocycles. The maximum absolute atomic E-state index is 12.7. The van der Waals surface area contributed by atoms with Crippen molar-refractivity contribution >= 4 is 41.4 Å². The molecule has 12 heteroatoms. The summed E-state index contributed by atoms with van der Waals surface area (Å²) in [6, 6.07) is 23.5. The first-order chi connectivity index (χ1) is 20.9. The summed E-state index contributed by atoms with van der Waals surface area (Å²) in [5, 5.41) is 17.6. The summed E-state index contributed by atoms with van der Waals surface area (Å²) in [5.41, 5.74) is 4.18. The zero-order chi connectivity index (χ0) is 30.2. The topological polar surface area (TPSA) is 158 Å². The third-order valence-corrected chi connectivity index (χ3v) is 6.01. The molecule has 2 amide bonds. The predicted octanol–water partition coefficient (Wildman–Crippen LogP) is 4.96. The Hall–Kier alpha value is -6.30. The molecular weight excluding hydrogens is 556 g/mol. The fourth-order valence-electron chi connectivity index (χ4n) is 3.93. The van der Waals surface area contributed by atoms with Crippen LogP contribution in [0.3, 0.4) is 0 Å². The second-order valence-corrected chi connectivity index (χ2v) is 8.95. The highest BCUT2D eigenvalue weighted by Crippen LogP contribution is 2.32. The number of rotatable bonds is 9. The van der Waals surface area contributed by atoms with Gasteiger partial charge in [0.2, 0.25) is 6.79 Å². The zero-order valence-electron chi connectivity index (χ0n) is 22.3. The maximum Gasteiger partial charge on any atom is 0.336 e. The van der Waals surface area contributed by atoms with Crippen LogP contribution < -0.4 is 25.0 Å². The van der Waals surface area contributed by atoms with Crippen LogP contribution in [0.25, 0.3) is 6.08 Å². The van der Waals surface area contributed by atoms with Crippen LogP contribution in [0.5, 0.6) is 17.2 Å². The molecule has 1 heterocycles. The molecule has 0 fully saturated rings. The Bertz CT molecular complexity index is 1780. The lowest BCUT2D eigenvalue weighted by atomic mass is 10.1. The summed E-state index contributed by atoms with van der Waals surface area (Å²) in [4.78, 5) is 48.2. The molecule has 0 aromatic heterocycles. The van der Waals surface area contributed by atoms with Crippen molar-refractivity contribution in [3.8, 4) is 17.2 Å². The van der Waals surface area contributed by atoms with Crippen molar-refractivity contribution in [3.05, 3.63) is 129 Å². The molecule has 0 unspecified atom stereocenters. The standard InChI is InChI=1S/C31H22N4O8/c36-29(14-11-20-5-3-9-25(15-20)35(39)40)43-26-10-2-1-6-23(26)18-32-34-31(38)21-7-4-8-24(16-21)33-30(37)22-12-13-27-28(17-22)42-19-41-27/h1-18H,19H2,(H,33,37)(H,34,38)/b14-11+,32-18?. The van der Waals surface area contributed by atoms with Crippen LogP contribution in [0.2, 0.25) is 0 Å². The van der Waals surface area contributed by atoms with Crippen LogP contribution in [0.15, 0.2) is 102 Å². The van der Waals surface area contributed by atoms with Gasteiger partial charge in [-0.25, -0.2) is 10.2 Å². The Balaban J connectivity index is 1.19. The average Bonchev–Trinajstić information content (AvgIpc) is 3.49. The molecule has 12 nitrogen and oxygen atoms in total. The number of nitro benzene ring substituents is 1. The second kappa shape index (κ2) is 12.9. The molecule has 1 aliphatic heterocycles. The number of ether oxygens (including phenoxy) is 3. The first-order valence-electron chi connectivity index (χ1n) is 12.7. The van der Waals surface area contributed by atoms with E-state index in [1.54, 1.807) is 66.7 Å². The number of para-hydroxylation sites is 1. The number of non-ortho nitro benzene ring substituents is 1. The summed E-state index contributed by atoms with van der Waals surface area (Å²) in [6.45, 7) is 0.0961. The number of nitrogens with zero attached hydrogens (tertiary/aromatic N) is 2. The van der Waals surface area contributed by atoms with Gasteiger partial charge < -0.3 is 19.5 Å². The van der Waals surface area contributed by atoms with Crippen LogP contribution in [-0.4, -0.2) is 35.7 Å². The third-order valence-electron chi connectivity index (χ3n) is 6.01. The number of hydrogen-bond acceptors (Lipinski definition) is 9. The highest BCUT2D eigenvalue weighted by molar-refractivity contribution is 6.05. The van der Waals surface area contributed by atoms with E-state index in [-0.39, 0.29) is 29.7 Å². The van der Waals surface area contributed by atoms with Crippen LogP contribution >= 0.6 is 0 Å². The normalized spacial score (nSPS) is 11.8. The largest absolute Gasteiger partial charge is 0.454 e. The average molecular weight is 579 g/mol. The third kappa shape index (κ3) is 7.27. The Morgan fingerprint density at radius 1 is 0.860 bits per heavy atom. The van der Waals surface area contributed by atoms with E-state index in [0.29, 0.717) is 33.9 Å². The van der Waals surface area contributed by atoms with E-state index in [2.05, 4.69) is 15.8 Å². The van der Waals surface area contributed by atoms with E-state index in [1.807, 2.05) is 0 Å². The van der Waals surface area contributed by atoms with E-state index < -0.39 is 16.8 Å². The number of nitrogens with one attached hydrogen (secondary N) is 2. The van der Waals surface area contributed by atoms with Gasteiger partial charge in [-0.05, 0) is 60.2 Å². The molecule has 0 spiro atoms. The fourth-order valence-corrected chi connectivity index (χ4v) is 3.93. The molecule has 5 rings (SSSR count). The van der Waals surface area contributed by atoms with Crippen LogP contribution in [0.4, 0.5) is 11.4 Å². The SMILES string of the molecule is O=C(/C=C/c1cccc([N+](=O)[O-])c1)Oc1ccccc1C=NNC(=O)c1cccc(NC(=O)c2ccc3c(c2)OCO3)c1. The van der Waals surface area contributed by atoms with E-state index in [9.17, 15) is 24.5 Å². The lowest BCUT2D eigenvalue weighted by Crippen LogP contribution is -2.18. The molecule has 0 saturated heterocycles. The monoisotopic (exact) mass is 578 g/mol. The van der Waals surface area contributed by atoms with Crippen LogP contribution in [0.1, 0.15) is 31.8 Å². The molecule has 2 N–H and O–H groups in total. The van der Waals surface area contributed by atoms with Gasteiger partial charge >= 0.3 is 5.97 Å². The first kappa shape index (κ1) is 28.2. The lowest BCUT2D eigenvalue weighted by Gasteiger charge is -2.08. The Morgan fingerprint density at radius 3 is 2.51 bits per heavy atom. The van der Waals surface area contributed by atoms with E-state index in [1.165, 1.54) is 36.6 Å². The second-order valence-electron chi connectivity index (χ2n) is 8.95. The fraction of sp³-hybridized carbons (Fsp3) is 0.0323. The van der Waals surface area contributed by atoms with Gasteiger partial charge in [0.25, 0.3) is 17.5 Å². The molecule has 0 atom stereocenters. The number of fused-ring (bicyclic) bond motifs is 1. The number of nitro groups is 1.